The van der Waals surface area contributed by atoms with Crippen molar-refractivity contribution in [3.05, 3.63) is 48.3 Å². The normalized spacial score (nSPS) is 19.8. The average molecular weight is 387 g/mol. The summed E-state index contributed by atoms with van der Waals surface area (Å²) in [4.78, 5) is 0. The van der Waals surface area contributed by atoms with Crippen LogP contribution in [0.3, 0.4) is 0 Å². The van der Waals surface area contributed by atoms with Crippen LogP contribution in [0.4, 0.5) is 4.39 Å². The van der Waals surface area contributed by atoms with Gasteiger partial charge in [0.1, 0.15) is 11.6 Å². The van der Waals surface area contributed by atoms with Gasteiger partial charge in [-0.3, -0.25) is 0 Å². The molecule has 0 unspecified atom stereocenters. The number of hydrogen-bond donors (Lipinski definition) is 0. The van der Waals surface area contributed by atoms with E-state index in [1.807, 2.05) is 19.1 Å². The molecule has 0 atom stereocenters. The predicted octanol–water partition coefficient (Wildman–Crippen LogP) is 5.16. The van der Waals surface area contributed by atoms with E-state index >= 15 is 0 Å². The second-order valence-electron chi connectivity index (χ2n) is 7.55. The molecule has 0 bridgehead atoms. The first-order valence-electron chi connectivity index (χ1n) is 10.2. The second-order valence-corrected chi connectivity index (χ2v) is 10.8. The largest absolute Gasteiger partial charge is 0.494 e. The molecular weight excluding hydrogens is 355 g/mol. The van der Waals surface area contributed by atoms with Crippen molar-refractivity contribution in [3.63, 3.8) is 0 Å². The zero-order valence-corrected chi connectivity index (χ0v) is 17.7. The van der Waals surface area contributed by atoms with Crippen LogP contribution in [0.25, 0.3) is 11.1 Å². The van der Waals surface area contributed by atoms with E-state index in [0.29, 0.717) is 17.9 Å². The maximum absolute atomic E-state index is 14.4. The van der Waals surface area contributed by atoms with Crippen molar-refractivity contribution in [1.82, 2.24) is 0 Å². The number of halogens is 1. The van der Waals surface area contributed by atoms with Crippen molar-refractivity contribution < 1.29 is 13.9 Å². The fourth-order valence-corrected chi connectivity index (χ4v) is 7.66. The van der Waals surface area contributed by atoms with Gasteiger partial charge in [-0.05, 0) is 43.4 Å². The SMILES string of the molecule is CCOc1ccc(-c2ccc([SiH]3CCC(CCCOC)CC3)cc2)c(F)c1. The molecule has 3 rings (SSSR count). The Morgan fingerprint density at radius 3 is 2.44 bits per heavy atom. The van der Waals surface area contributed by atoms with Crippen molar-refractivity contribution >= 4 is 14.0 Å². The number of methoxy groups -OCH3 is 1. The summed E-state index contributed by atoms with van der Waals surface area (Å²) in [6.07, 6.45) is 5.24. The van der Waals surface area contributed by atoms with Crippen LogP contribution < -0.4 is 9.92 Å². The minimum absolute atomic E-state index is 0.220. The van der Waals surface area contributed by atoms with E-state index in [4.69, 9.17) is 9.47 Å². The topological polar surface area (TPSA) is 18.5 Å². The number of rotatable bonds is 8. The molecule has 4 heteroatoms. The molecule has 0 aliphatic carbocycles. The molecule has 146 valence electrons. The maximum atomic E-state index is 14.4. The van der Waals surface area contributed by atoms with E-state index in [0.717, 1.165) is 18.1 Å². The van der Waals surface area contributed by atoms with E-state index in [1.54, 1.807) is 7.11 Å². The summed E-state index contributed by atoms with van der Waals surface area (Å²) in [5, 5.41) is 1.53. The summed E-state index contributed by atoms with van der Waals surface area (Å²) < 4.78 is 25.0. The van der Waals surface area contributed by atoms with Gasteiger partial charge < -0.3 is 9.47 Å². The molecule has 0 spiro atoms. The summed E-state index contributed by atoms with van der Waals surface area (Å²) >= 11 is 0. The minimum Gasteiger partial charge on any atom is -0.494 e. The van der Waals surface area contributed by atoms with Gasteiger partial charge in [0.2, 0.25) is 0 Å². The van der Waals surface area contributed by atoms with Gasteiger partial charge in [0.15, 0.2) is 0 Å². The van der Waals surface area contributed by atoms with Gasteiger partial charge in [0.25, 0.3) is 0 Å². The van der Waals surface area contributed by atoms with E-state index in [-0.39, 0.29) is 5.82 Å². The molecule has 1 aliphatic heterocycles. The first-order valence-corrected chi connectivity index (χ1v) is 12.4. The Kier molecular flexibility index (Phi) is 7.47. The summed E-state index contributed by atoms with van der Waals surface area (Å²) in [7, 11) is 0.931. The summed E-state index contributed by atoms with van der Waals surface area (Å²) in [5.41, 5.74) is 1.59. The zero-order chi connectivity index (χ0) is 19.1. The molecular formula is C23H31FO2Si. The van der Waals surface area contributed by atoms with Crippen LogP contribution in [0.1, 0.15) is 32.6 Å². The molecule has 27 heavy (non-hydrogen) atoms. The van der Waals surface area contributed by atoms with Crippen LogP contribution in [-0.2, 0) is 4.74 Å². The molecule has 2 aromatic rings. The molecule has 0 saturated carbocycles. The third kappa shape index (κ3) is 5.42. The van der Waals surface area contributed by atoms with Crippen LogP contribution in [-0.4, -0.2) is 29.1 Å². The fraction of sp³-hybridized carbons (Fsp3) is 0.478. The van der Waals surface area contributed by atoms with Crippen molar-refractivity contribution in [2.24, 2.45) is 5.92 Å². The predicted molar refractivity (Wildman–Crippen MR) is 113 cm³/mol. The van der Waals surface area contributed by atoms with Gasteiger partial charge in [-0.15, -0.1) is 0 Å². The Labute approximate surface area is 164 Å². The van der Waals surface area contributed by atoms with Gasteiger partial charge in [-0.2, -0.15) is 0 Å². The summed E-state index contributed by atoms with van der Waals surface area (Å²) in [5.74, 6) is 1.26. The molecule has 1 aliphatic rings. The van der Waals surface area contributed by atoms with Crippen molar-refractivity contribution in [2.45, 2.75) is 44.7 Å². The first kappa shape index (κ1) is 20.1. The fourth-order valence-electron chi connectivity index (χ4n) is 4.22. The Hall–Kier alpha value is -1.65. The molecule has 0 aromatic heterocycles. The third-order valence-corrected chi connectivity index (χ3v) is 9.14. The third-order valence-electron chi connectivity index (χ3n) is 5.75. The van der Waals surface area contributed by atoms with Crippen LogP contribution in [0, 0.1) is 11.7 Å². The van der Waals surface area contributed by atoms with Crippen molar-refractivity contribution in [1.29, 1.82) is 0 Å². The van der Waals surface area contributed by atoms with Gasteiger partial charge >= 0.3 is 0 Å². The van der Waals surface area contributed by atoms with E-state index in [1.165, 1.54) is 49.0 Å². The molecule has 2 aromatic carbocycles. The van der Waals surface area contributed by atoms with Crippen LogP contribution in [0.15, 0.2) is 42.5 Å². The lowest BCUT2D eigenvalue weighted by Crippen LogP contribution is -2.33. The molecule has 2 nitrogen and oxygen atoms in total. The van der Waals surface area contributed by atoms with E-state index in [2.05, 4.69) is 24.3 Å². The smallest absolute Gasteiger partial charge is 0.134 e. The van der Waals surface area contributed by atoms with Crippen LogP contribution in [0.5, 0.6) is 5.75 Å². The highest BCUT2D eigenvalue weighted by atomic mass is 28.3. The number of benzene rings is 2. The lowest BCUT2D eigenvalue weighted by atomic mass is 9.97. The Morgan fingerprint density at radius 1 is 1.07 bits per heavy atom. The zero-order valence-electron chi connectivity index (χ0n) is 16.5. The molecule has 1 fully saturated rings. The Morgan fingerprint density at radius 2 is 1.81 bits per heavy atom. The monoisotopic (exact) mass is 386 g/mol. The maximum Gasteiger partial charge on any atom is 0.134 e. The van der Waals surface area contributed by atoms with Gasteiger partial charge in [0, 0.05) is 25.3 Å². The standard InChI is InChI=1S/C23H31FO2Si/c1-3-26-20-8-11-22(23(24)17-20)19-6-9-21(10-7-19)27-15-12-18(13-16-27)5-4-14-25-2/h6-11,17-18,27H,3-5,12-16H2,1-2H3. The minimum atomic E-state index is -0.853. The summed E-state index contributed by atoms with van der Waals surface area (Å²) in [6.45, 7) is 3.34. The molecule has 0 N–H and O–H groups in total. The first-order chi connectivity index (χ1) is 13.2. The van der Waals surface area contributed by atoms with Crippen LogP contribution >= 0.6 is 0 Å². The summed E-state index contributed by atoms with van der Waals surface area (Å²) in [6, 6.07) is 16.6. The van der Waals surface area contributed by atoms with E-state index < -0.39 is 8.80 Å². The number of hydrogen-bond acceptors (Lipinski definition) is 2. The van der Waals surface area contributed by atoms with Crippen LogP contribution in [0.2, 0.25) is 12.1 Å². The Balaban J connectivity index is 1.60. The highest BCUT2D eigenvalue weighted by molar-refractivity contribution is 6.73. The lowest BCUT2D eigenvalue weighted by molar-refractivity contribution is 0.185. The number of ether oxygens (including phenoxy) is 2. The highest BCUT2D eigenvalue weighted by Gasteiger charge is 2.23. The van der Waals surface area contributed by atoms with Gasteiger partial charge in [-0.1, -0.05) is 54.4 Å². The van der Waals surface area contributed by atoms with Gasteiger partial charge in [0.05, 0.1) is 15.4 Å². The van der Waals surface area contributed by atoms with E-state index in [9.17, 15) is 4.39 Å². The average Bonchev–Trinajstić information content (AvgIpc) is 2.69. The second kappa shape index (κ2) is 10.0. The van der Waals surface area contributed by atoms with Crippen molar-refractivity contribution in [3.8, 4) is 16.9 Å². The molecule has 0 radical (unpaired) electrons. The Bertz CT molecular complexity index is 709. The molecule has 0 amide bonds. The molecule has 1 saturated heterocycles. The molecule has 1 heterocycles. The lowest BCUT2D eigenvalue weighted by Gasteiger charge is -2.28. The van der Waals surface area contributed by atoms with Crippen molar-refractivity contribution in [2.75, 3.05) is 20.3 Å². The highest BCUT2D eigenvalue weighted by Crippen LogP contribution is 2.30. The quantitative estimate of drug-likeness (QED) is 0.461. The van der Waals surface area contributed by atoms with Gasteiger partial charge in [-0.25, -0.2) is 4.39 Å².